The number of hydrogen-bond acceptors (Lipinski definition) is 3. The molecule has 2 fully saturated rings. The number of rotatable bonds is 7. The summed E-state index contributed by atoms with van der Waals surface area (Å²) in [7, 11) is 0. The maximum atomic E-state index is 11.1. The molecular formula is C18H26N2O2. The largest absolute Gasteiger partial charge is 0.480 e. The summed E-state index contributed by atoms with van der Waals surface area (Å²) in [6.07, 6.45) is 6.07. The molecule has 2 aliphatic rings. The van der Waals surface area contributed by atoms with Gasteiger partial charge in [0.2, 0.25) is 0 Å². The van der Waals surface area contributed by atoms with Crippen molar-refractivity contribution >= 4 is 5.97 Å². The lowest BCUT2D eigenvalue weighted by Crippen LogP contribution is -2.48. The van der Waals surface area contributed by atoms with Crippen LogP contribution in [-0.4, -0.2) is 52.6 Å². The zero-order chi connectivity index (χ0) is 15.4. The highest BCUT2D eigenvalue weighted by Crippen LogP contribution is 2.30. The van der Waals surface area contributed by atoms with Crippen molar-refractivity contribution < 1.29 is 9.90 Å². The topological polar surface area (TPSA) is 43.8 Å². The Labute approximate surface area is 132 Å². The second-order valence-corrected chi connectivity index (χ2v) is 6.66. The van der Waals surface area contributed by atoms with Gasteiger partial charge in [-0.15, -0.1) is 0 Å². The Morgan fingerprint density at radius 1 is 1.18 bits per heavy atom. The number of likely N-dealkylation sites (tertiary alicyclic amines) is 1. The number of piperidine rings is 1. The first-order valence-corrected chi connectivity index (χ1v) is 8.46. The second-order valence-electron chi connectivity index (χ2n) is 6.66. The highest BCUT2D eigenvalue weighted by Gasteiger charge is 2.33. The minimum Gasteiger partial charge on any atom is -0.480 e. The van der Waals surface area contributed by atoms with E-state index >= 15 is 0 Å². The van der Waals surface area contributed by atoms with Gasteiger partial charge >= 0.3 is 5.97 Å². The molecule has 120 valence electrons. The average Bonchev–Trinajstić information content (AvgIpc) is 3.34. The highest BCUT2D eigenvalue weighted by atomic mass is 16.4. The molecule has 0 amide bonds. The predicted octanol–water partition coefficient (Wildman–Crippen LogP) is 2.59. The normalized spacial score (nSPS) is 22.9. The molecule has 0 aromatic heterocycles. The van der Waals surface area contributed by atoms with Gasteiger partial charge in [-0.2, -0.15) is 0 Å². The number of carboxylic acids is 1. The van der Waals surface area contributed by atoms with Crippen LogP contribution in [0.2, 0.25) is 0 Å². The van der Waals surface area contributed by atoms with Crippen molar-refractivity contribution in [2.75, 3.05) is 19.6 Å². The standard InChI is InChI=1S/C18H26N2O2/c21-18(22)14-19-11-5-4-8-17(19)13-20(16-9-10-16)12-15-6-2-1-3-7-15/h1-3,6-7,16-17H,4-5,8-14H2,(H,21,22)/t17-/m0/s1. The lowest BCUT2D eigenvalue weighted by atomic mass is 10.0. The highest BCUT2D eigenvalue weighted by molar-refractivity contribution is 5.69. The number of benzene rings is 1. The van der Waals surface area contributed by atoms with E-state index in [0.717, 1.165) is 32.5 Å². The van der Waals surface area contributed by atoms with Crippen LogP contribution >= 0.6 is 0 Å². The Balaban J connectivity index is 1.63. The van der Waals surface area contributed by atoms with E-state index < -0.39 is 5.97 Å². The van der Waals surface area contributed by atoms with Crippen LogP contribution in [-0.2, 0) is 11.3 Å². The molecule has 22 heavy (non-hydrogen) atoms. The van der Waals surface area contributed by atoms with Crippen molar-refractivity contribution in [3.8, 4) is 0 Å². The summed E-state index contributed by atoms with van der Waals surface area (Å²) in [5.74, 6) is -0.701. The maximum absolute atomic E-state index is 11.1. The molecule has 0 spiro atoms. The first-order chi connectivity index (χ1) is 10.7. The van der Waals surface area contributed by atoms with Crippen LogP contribution in [0.25, 0.3) is 0 Å². The van der Waals surface area contributed by atoms with Crippen LogP contribution in [0.3, 0.4) is 0 Å². The van der Waals surface area contributed by atoms with Gasteiger partial charge in [0.15, 0.2) is 0 Å². The summed E-state index contributed by atoms with van der Waals surface area (Å²) in [4.78, 5) is 15.8. The summed E-state index contributed by atoms with van der Waals surface area (Å²) in [6, 6.07) is 11.7. The van der Waals surface area contributed by atoms with Gasteiger partial charge in [0.05, 0.1) is 6.54 Å². The summed E-state index contributed by atoms with van der Waals surface area (Å²) in [6.45, 7) is 3.12. The van der Waals surface area contributed by atoms with Crippen molar-refractivity contribution in [3.05, 3.63) is 35.9 Å². The molecule has 0 radical (unpaired) electrons. The smallest absolute Gasteiger partial charge is 0.317 e. The SMILES string of the molecule is O=C(O)CN1CCCC[C@H]1CN(Cc1ccccc1)C1CC1. The number of carboxylic acid groups (broad SMARTS) is 1. The molecule has 1 atom stereocenters. The van der Waals surface area contributed by atoms with E-state index in [2.05, 4.69) is 40.1 Å². The van der Waals surface area contributed by atoms with Gasteiger partial charge in [0, 0.05) is 25.2 Å². The van der Waals surface area contributed by atoms with Crippen molar-refractivity contribution in [2.24, 2.45) is 0 Å². The molecule has 0 bridgehead atoms. The molecule has 1 aromatic carbocycles. The molecule has 1 N–H and O–H groups in total. The molecule has 1 saturated carbocycles. The molecule has 0 unspecified atom stereocenters. The summed E-state index contributed by atoms with van der Waals surface area (Å²) in [5, 5.41) is 9.12. The monoisotopic (exact) mass is 302 g/mol. The fourth-order valence-corrected chi connectivity index (χ4v) is 3.52. The summed E-state index contributed by atoms with van der Waals surface area (Å²) >= 11 is 0. The predicted molar refractivity (Wildman–Crippen MR) is 86.7 cm³/mol. The van der Waals surface area contributed by atoms with Crippen LogP contribution < -0.4 is 0 Å². The third kappa shape index (κ3) is 4.31. The first kappa shape index (κ1) is 15.5. The minimum absolute atomic E-state index is 0.189. The lowest BCUT2D eigenvalue weighted by Gasteiger charge is -2.38. The molecule has 1 aromatic rings. The Morgan fingerprint density at radius 2 is 1.95 bits per heavy atom. The molecule has 4 heteroatoms. The maximum Gasteiger partial charge on any atom is 0.317 e. The number of carbonyl (C=O) groups is 1. The van der Waals surface area contributed by atoms with E-state index in [1.807, 2.05) is 0 Å². The van der Waals surface area contributed by atoms with Crippen LogP contribution in [0.4, 0.5) is 0 Å². The third-order valence-electron chi connectivity index (χ3n) is 4.82. The van der Waals surface area contributed by atoms with Crippen molar-refractivity contribution in [1.82, 2.24) is 9.80 Å². The Hall–Kier alpha value is -1.39. The summed E-state index contributed by atoms with van der Waals surface area (Å²) in [5.41, 5.74) is 1.36. The lowest BCUT2D eigenvalue weighted by molar-refractivity contribution is -0.139. The van der Waals surface area contributed by atoms with Gasteiger partial charge in [-0.05, 0) is 37.8 Å². The molecule has 3 rings (SSSR count). The van der Waals surface area contributed by atoms with Crippen LogP contribution in [0, 0.1) is 0 Å². The van der Waals surface area contributed by atoms with E-state index in [9.17, 15) is 4.79 Å². The van der Waals surface area contributed by atoms with Crippen molar-refractivity contribution in [2.45, 2.75) is 50.7 Å². The van der Waals surface area contributed by atoms with E-state index in [4.69, 9.17) is 5.11 Å². The number of nitrogens with zero attached hydrogens (tertiary/aromatic N) is 2. The molecule has 1 saturated heterocycles. The fourth-order valence-electron chi connectivity index (χ4n) is 3.52. The first-order valence-electron chi connectivity index (χ1n) is 8.46. The third-order valence-corrected chi connectivity index (χ3v) is 4.82. The number of hydrogen-bond donors (Lipinski definition) is 1. The minimum atomic E-state index is -0.701. The Bertz CT molecular complexity index is 487. The van der Waals surface area contributed by atoms with Gasteiger partial charge in [-0.1, -0.05) is 36.8 Å². The number of aliphatic carboxylic acids is 1. The quantitative estimate of drug-likeness (QED) is 0.841. The van der Waals surface area contributed by atoms with Crippen LogP contribution in [0.1, 0.15) is 37.7 Å². The van der Waals surface area contributed by atoms with Crippen LogP contribution in [0.5, 0.6) is 0 Å². The zero-order valence-corrected chi connectivity index (χ0v) is 13.2. The van der Waals surface area contributed by atoms with Gasteiger partial charge in [0.25, 0.3) is 0 Å². The molecule has 1 aliphatic carbocycles. The van der Waals surface area contributed by atoms with E-state index in [1.54, 1.807) is 0 Å². The van der Waals surface area contributed by atoms with Gasteiger partial charge in [-0.25, -0.2) is 0 Å². The molecular weight excluding hydrogens is 276 g/mol. The van der Waals surface area contributed by atoms with Gasteiger partial charge in [0.1, 0.15) is 0 Å². The van der Waals surface area contributed by atoms with E-state index in [-0.39, 0.29) is 6.54 Å². The Kier molecular flexibility index (Phi) is 5.11. The molecule has 4 nitrogen and oxygen atoms in total. The van der Waals surface area contributed by atoms with Crippen molar-refractivity contribution in [1.29, 1.82) is 0 Å². The molecule has 1 aliphatic heterocycles. The van der Waals surface area contributed by atoms with E-state index in [1.165, 1.54) is 24.8 Å². The second kappa shape index (κ2) is 7.25. The van der Waals surface area contributed by atoms with Crippen molar-refractivity contribution in [3.63, 3.8) is 0 Å². The average molecular weight is 302 g/mol. The van der Waals surface area contributed by atoms with Crippen LogP contribution in [0.15, 0.2) is 30.3 Å². The zero-order valence-electron chi connectivity index (χ0n) is 13.2. The Morgan fingerprint density at radius 3 is 2.64 bits per heavy atom. The van der Waals surface area contributed by atoms with E-state index in [0.29, 0.717) is 12.1 Å². The van der Waals surface area contributed by atoms with Gasteiger partial charge in [-0.3, -0.25) is 14.6 Å². The fraction of sp³-hybridized carbons (Fsp3) is 0.611. The molecule has 1 heterocycles. The summed E-state index contributed by atoms with van der Waals surface area (Å²) < 4.78 is 0. The van der Waals surface area contributed by atoms with Gasteiger partial charge < -0.3 is 5.11 Å².